The van der Waals surface area contributed by atoms with E-state index in [1.54, 1.807) is 18.8 Å². The van der Waals surface area contributed by atoms with E-state index in [4.69, 9.17) is 13.9 Å². The Kier molecular flexibility index (Phi) is 5.72. The smallest absolute Gasteiger partial charge is 0.262 e. The first kappa shape index (κ1) is 21.6. The lowest BCUT2D eigenvalue weighted by Gasteiger charge is -2.11. The number of benzene rings is 3. The van der Waals surface area contributed by atoms with Gasteiger partial charge in [-0.15, -0.1) is 0 Å². The SMILES string of the molecule is CCn1c(=O)c2c(-c3ccc(OC)c(OC)c3)c(NCc3ccccc3)oc2c2ccccc21. The molecule has 3 aromatic carbocycles. The Morgan fingerprint density at radius 1 is 0.912 bits per heavy atom. The molecule has 0 radical (unpaired) electrons. The van der Waals surface area contributed by atoms with Crippen LogP contribution in [0.3, 0.4) is 0 Å². The van der Waals surface area contributed by atoms with Crippen LogP contribution in [0.5, 0.6) is 11.5 Å². The zero-order valence-electron chi connectivity index (χ0n) is 19.4. The lowest BCUT2D eigenvalue weighted by Crippen LogP contribution is -2.19. The second-order valence-electron chi connectivity index (χ2n) is 7.99. The number of para-hydroxylation sites is 1. The third-order valence-corrected chi connectivity index (χ3v) is 6.09. The highest BCUT2D eigenvalue weighted by molar-refractivity contribution is 6.10. The minimum absolute atomic E-state index is 0.0857. The van der Waals surface area contributed by atoms with Gasteiger partial charge < -0.3 is 23.8 Å². The van der Waals surface area contributed by atoms with Crippen molar-refractivity contribution in [2.24, 2.45) is 0 Å². The molecule has 0 atom stereocenters. The summed E-state index contributed by atoms with van der Waals surface area (Å²) in [5, 5.41) is 4.87. The van der Waals surface area contributed by atoms with Gasteiger partial charge in [-0.2, -0.15) is 0 Å². The number of furan rings is 1. The average molecular weight is 455 g/mol. The van der Waals surface area contributed by atoms with Crippen molar-refractivity contribution in [1.29, 1.82) is 0 Å². The molecule has 172 valence electrons. The molecular weight excluding hydrogens is 428 g/mol. The van der Waals surface area contributed by atoms with Crippen LogP contribution in [0.4, 0.5) is 5.88 Å². The summed E-state index contributed by atoms with van der Waals surface area (Å²) in [4.78, 5) is 13.8. The molecule has 0 unspecified atom stereocenters. The first-order valence-electron chi connectivity index (χ1n) is 11.2. The van der Waals surface area contributed by atoms with E-state index in [9.17, 15) is 4.79 Å². The van der Waals surface area contributed by atoms with E-state index in [-0.39, 0.29) is 5.56 Å². The summed E-state index contributed by atoms with van der Waals surface area (Å²) in [6, 6.07) is 23.6. The van der Waals surface area contributed by atoms with Crippen LogP contribution in [0.1, 0.15) is 12.5 Å². The lowest BCUT2D eigenvalue weighted by atomic mass is 10.0. The van der Waals surface area contributed by atoms with Gasteiger partial charge in [-0.1, -0.05) is 48.5 Å². The van der Waals surface area contributed by atoms with Crippen molar-refractivity contribution in [3.05, 3.63) is 88.7 Å². The molecule has 0 aliphatic rings. The molecule has 5 rings (SSSR count). The number of nitrogens with one attached hydrogen (secondary N) is 1. The van der Waals surface area contributed by atoms with E-state index in [2.05, 4.69) is 5.32 Å². The molecule has 1 N–H and O–H groups in total. The minimum atomic E-state index is -0.0857. The molecule has 0 saturated carbocycles. The monoisotopic (exact) mass is 454 g/mol. The molecule has 5 aromatic rings. The Bertz CT molecular complexity index is 1530. The third-order valence-electron chi connectivity index (χ3n) is 6.09. The molecule has 0 saturated heterocycles. The summed E-state index contributed by atoms with van der Waals surface area (Å²) in [7, 11) is 3.20. The van der Waals surface area contributed by atoms with Gasteiger partial charge in [0.25, 0.3) is 5.56 Å². The van der Waals surface area contributed by atoms with Crippen molar-refractivity contribution in [2.75, 3.05) is 19.5 Å². The van der Waals surface area contributed by atoms with E-state index in [0.29, 0.717) is 47.0 Å². The normalized spacial score (nSPS) is 11.1. The highest BCUT2D eigenvalue weighted by atomic mass is 16.5. The Hall–Kier alpha value is -4.19. The number of rotatable bonds is 7. The second-order valence-corrected chi connectivity index (χ2v) is 7.99. The molecule has 6 heteroatoms. The third kappa shape index (κ3) is 3.57. The summed E-state index contributed by atoms with van der Waals surface area (Å²) in [6.45, 7) is 3.09. The van der Waals surface area contributed by atoms with Crippen LogP contribution in [-0.4, -0.2) is 18.8 Å². The van der Waals surface area contributed by atoms with E-state index >= 15 is 0 Å². The number of hydrogen-bond acceptors (Lipinski definition) is 5. The first-order valence-corrected chi connectivity index (χ1v) is 11.2. The zero-order chi connectivity index (χ0) is 23.7. The van der Waals surface area contributed by atoms with E-state index in [0.717, 1.165) is 22.0 Å². The molecule has 0 spiro atoms. The fraction of sp³-hybridized carbons (Fsp3) is 0.179. The van der Waals surface area contributed by atoms with Gasteiger partial charge in [-0.25, -0.2) is 0 Å². The highest BCUT2D eigenvalue weighted by Gasteiger charge is 2.24. The fourth-order valence-corrected chi connectivity index (χ4v) is 4.45. The van der Waals surface area contributed by atoms with Gasteiger partial charge in [0.1, 0.15) is 0 Å². The number of aryl methyl sites for hydroxylation is 1. The standard InChI is InChI=1S/C28H26N2O4/c1-4-30-21-13-9-8-12-20(21)26-25(28(30)31)24(19-14-15-22(32-2)23(16-19)33-3)27(34-26)29-17-18-10-6-5-7-11-18/h5-16,29H,4,17H2,1-3H3. The molecule has 2 aromatic heterocycles. The van der Waals surface area contributed by atoms with E-state index in [1.165, 1.54) is 0 Å². The first-order chi connectivity index (χ1) is 16.7. The van der Waals surface area contributed by atoms with Gasteiger partial charge in [-0.05, 0) is 42.3 Å². The van der Waals surface area contributed by atoms with Crippen LogP contribution >= 0.6 is 0 Å². The summed E-state index contributed by atoms with van der Waals surface area (Å²) >= 11 is 0. The number of methoxy groups -OCH3 is 2. The number of nitrogens with zero attached hydrogens (tertiary/aromatic N) is 1. The van der Waals surface area contributed by atoms with Crippen molar-refractivity contribution in [3.8, 4) is 22.6 Å². The van der Waals surface area contributed by atoms with Crippen molar-refractivity contribution in [3.63, 3.8) is 0 Å². The van der Waals surface area contributed by atoms with Gasteiger partial charge in [0.15, 0.2) is 17.1 Å². The van der Waals surface area contributed by atoms with Crippen LogP contribution in [0.15, 0.2) is 82.0 Å². The summed E-state index contributed by atoms with van der Waals surface area (Å²) in [6.07, 6.45) is 0. The summed E-state index contributed by atoms with van der Waals surface area (Å²) in [5.41, 5.74) is 3.97. The maximum Gasteiger partial charge on any atom is 0.262 e. The molecule has 0 amide bonds. The van der Waals surface area contributed by atoms with Gasteiger partial charge in [0.2, 0.25) is 5.88 Å². The van der Waals surface area contributed by atoms with Crippen LogP contribution in [0.25, 0.3) is 33.0 Å². The minimum Gasteiger partial charge on any atom is -0.493 e. The summed E-state index contributed by atoms with van der Waals surface area (Å²) < 4.78 is 19.2. The van der Waals surface area contributed by atoms with Crippen LogP contribution in [-0.2, 0) is 13.1 Å². The molecule has 0 fully saturated rings. The Balaban J connectivity index is 1.80. The van der Waals surface area contributed by atoms with Crippen LogP contribution < -0.4 is 20.3 Å². The Morgan fingerprint density at radius 3 is 2.38 bits per heavy atom. The number of hydrogen-bond donors (Lipinski definition) is 1. The largest absolute Gasteiger partial charge is 0.493 e. The highest BCUT2D eigenvalue weighted by Crippen LogP contribution is 2.42. The number of ether oxygens (including phenoxy) is 2. The second kappa shape index (κ2) is 8.98. The van der Waals surface area contributed by atoms with Crippen LogP contribution in [0.2, 0.25) is 0 Å². The average Bonchev–Trinajstić information content (AvgIpc) is 3.28. The van der Waals surface area contributed by atoms with Crippen molar-refractivity contribution >= 4 is 27.8 Å². The number of fused-ring (bicyclic) bond motifs is 3. The topological polar surface area (TPSA) is 65.6 Å². The Labute approximate surface area is 197 Å². The number of pyridine rings is 1. The fourth-order valence-electron chi connectivity index (χ4n) is 4.45. The molecule has 34 heavy (non-hydrogen) atoms. The zero-order valence-corrected chi connectivity index (χ0v) is 19.4. The number of anilines is 1. The van der Waals surface area contributed by atoms with Crippen molar-refractivity contribution in [2.45, 2.75) is 20.0 Å². The Morgan fingerprint density at radius 2 is 1.65 bits per heavy atom. The molecule has 0 aliphatic carbocycles. The van der Waals surface area contributed by atoms with Crippen molar-refractivity contribution in [1.82, 2.24) is 4.57 Å². The molecule has 6 nitrogen and oxygen atoms in total. The summed E-state index contributed by atoms with van der Waals surface area (Å²) in [5.74, 6) is 1.75. The van der Waals surface area contributed by atoms with Crippen LogP contribution in [0, 0.1) is 0 Å². The predicted octanol–water partition coefficient (Wildman–Crippen LogP) is 6.06. The molecular formula is C28H26N2O4. The molecule has 2 heterocycles. The predicted molar refractivity (Wildman–Crippen MR) is 136 cm³/mol. The molecule has 0 aliphatic heterocycles. The maximum atomic E-state index is 13.8. The van der Waals surface area contributed by atoms with Gasteiger partial charge in [0.05, 0.1) is 30.7 Å². The van der Waals surface area contributed by atoms with Gasteiger partial charge in [-0.3, -0.25) is 4.79 Å². The van der Waals surface area contributed by atoms with E-state index in [1.807, 2.05) is 79.7 Å². The maximum absolute atomic E-state index is 13.8. The van der Waals surface area contributed by atoms with Gasteiger partial charge in [0, 0.05) is 18.5 Å². The van der Waals surface area contributed by atoms with Gasteiger partial charge >= 0.3 is 0 Å². The number of aromatic nitrogens is 1. The lowest BCUT2D eigenvalue weighted by molar-refractivity contribution is 0.355. The molecule has 0 bridgehead atoms. The quantitative estimate of drug-likeness (QED) is 0.324. The van der Waals surface area contributed by atoms with Crippen molar-refractivity contribution < 1.29 is 13.9 Å². The van der Waals surface area contributed by atoms with E-state index < -0.39 is 0 Å².